The zero-order chi connectivity index (χ0) is 17.6. The van der Waals surface area contributed by atoms with E-state index in [1.165, 1.54) is 16.7 Å². The summed E-state index contributed by atoms with van der Waals surface area (Å²) in [6, 6.07) is 8.36. The summed E-state index contributed by atoms with van der Waals surface area (Å²) in [5, 5.41) is 0.639. The van der Waals surface area contributed by atoms with Gasteiger partial charge in [-0.25, -0.2) is 9.97 Å². The first kappa shape index (κ1) is 16.0. The summed E-state index contributed by atoms with van der Waals surface area (Å²) in [6.45, 7) is 6.95. The first-order chi connectivity index (χ1) is 12.0. The van der Waals surface area contributed by atoms with E-state index < -0.39 is 0 Å². The highest BCUT2D eigenvalue weighted by atomic mass is 16.1. The third kappa shape index (κ3) is 2.97. The molecule has 0 saturated heterocycles. The molecule has 4 rings (SSSR count). The second-order valence-electron chi connectivity index (χ2n) is 7.42. The Morgan fingerprint density at radius 1 is 1.24 bits per heavy atom. The molecule has 3 aromatic rings. The van der Waals surface area contributed by atoms with Gasteiger partial charge >= 0.3 is 0 Å². The molecule has 25 heavy (non-hydrogen) atoms. The number of hydrogen-bond acceptors (Lipinski definition) is 3. The van der Waals surface area contributed by atoms with Gasteiger partial charge in [0, 0.05) is 5.69 Å². The molecule has 4 heteroatoms. The van der Waals surface area contributed by atoms with Crippen molar-refractivity contribution in [3.05, 3.63) is 68.9 Å². The maximum absolute atomic E-state index is 13.0. The molecule has 2 aromatic heterocycles. The maximum Gasteiger partial charge on any atom is 0.263 e. The van der Waals surface area contributed by atoms with E-state index in [-0.39, 0.29) is 5.56 Å². The van der Waals surface area contributed by atoms with Crippen LogP contribution in [-0.4, -0.2) is 14.5 Å². The van der Waals surface area contributed by atoms with Crippen molar-refractivity contribution in [2.24, 2.45) is 5.92 Å². The minimum absolute atomic E-state index is 0.000525. The van der Waals surface area contributed by atoms with Gasteiger partial charge in [-0.15, -0.1) is 0 Å². The van der Waals surface area contributed by atoms with Crippen molar-refractivity contribution < 1.29 is 0 Å². The summed E-state index contributed by atoms with van der Waals surface area (Å²) in [6.07, 6.45) is 4.79. The Labute approximate surface area is 147 Å². The van der Waals surface area contributed by atoms with Crippen LogP contribution in [0, 0.1) is 19.8 Å². The molecule has 1 aromatic carbocycles. The van der Waals surface area contributed by atoms with Gasteiger partial charge in [0.25, 0.3) is 5.56 Å². The molecule has 1 aliphatic carbocycles. The van der Waals surface area contributed by atoms with Gasteiger partial charge in [0.2, 0.25) is 0 Å². The molecule has 0 amide bonds. The summed E-state index contributed by atoms with van der Waals surface area (Å²) in [4.78, 5) is 22.1. The monoisotopic (exact) mass is 333 g/mol. The van der Waals surface area contributed by atoms with Crippen molar-refractivity contribution in [1.29, 1.82) is 0 Å². The van der Waals surface area contributed by atoms with E-state index in [9.17, 15) is 4.79 Å². The highest BCUT2D eigenvalue weighted by Crippen LogP contribution is 2.25. The van der Waals surface area contributed by atoms with Crippen LogP contribution < -0.4 is 5.56 Å². The third-order valence-corrected chi connectivity index (χ3v) is 5.27. The third-order valence-electron chi connectivity index (χ3n) is 5.27. The lowest BCUT2D eigenvalue weighted by molar-refractivity contribution is 0.495. The van der Waals surface area contributed by atoms with Crippen molar-refractivity contribution >= 4 is 11.0 Å². The predicted octanol–water partition coefficient (Wildman–Crippen LogP) is 3.58. The fourth-order valence-electron chi connectivity index (χ4n) is 3.69. The van der Waals surface area contributed by atoms with E-state index in [0.29, 0.717) is 23.5 Å². The van der Waals surface area contributed by atoms with Gasteiger partial charge in [0.15, 0.2) is 5.65 Å². The van der Waals surface area contributed by atoms with Crippen LogP contribution in [0.4, 0.5) is 0 Å². The largest absolute Gasteiger partial charge is 0.294 e. The number of aryl methyl sites for hydroxylation is 3. The van der Waals surface area contributed by atoms with Gasteiger partial charge in [-0.1, -0.05) is 30.7 Å². The number of hydrogen-bond donors (Lipinski definition) is 0. The fourth-order valence-corrected chi connectivity index (χ4v) is 3.69. The summed E-state index contributed by atoms with van der Waals surface area (Å²) in [7, 11) is 0. The average molecular weight is 333 g/mol. The highest BCUT2D eigenvalue weighted by Gasteiger charge is 2.18. The summed E-state index contributed by atoms with van der Waals surface area (Å²) < 4.78 is 1.70. The Hall–Kier alpha value is -2.49. The Morgan fingerprint density at radius 3 is 2.92 bits per heavy atom. The molecule has 4 nitrogen and oxygen atoms in total. The zero-order valence-electron chi connectivity index (χ0n) is 15.0. The van der Waals surface area contributed by atoms with Gasteiger partial charge in [-0.2, -0.15) is 0 Å². The molecule has 1 aliphatic rings. The van der Waals surface area contributed by atoms with E-state index in [1.807, 2.05) is 6.07 Å². The van der Waals surface area contributed by atoms with E-state index in [4.69, 9.17) is 0 Å². The van der Waals surface area contributed by atoms with Crippen LogP contribution in [0.3, 0.4) is 0 Å². The molecule has 0 radical (unpaired) electrons. The smallest absolute Gasteiger partial charge is 0.263 e. The minimum atomic E-state index is -0.000525. The lowest BCUT2D eigenvalue weighted by atomic mass is 9.87. The number of aromatic nitrogens is 3. The van der Waals surface area contributed by atoms with Gasteiger partial charge in [-0.3, -0.25) is 9.36 Å². The second-order valence-corrected chi connectivity index (χ2v) is 7.42. The van der Waals surface area contributed by atoms with Crippen molar-refractivity contribution in [2.75, 3.05) is 0 Å². The first-order valence-corrected chi connectivity index (χ1v) is 8.95. The Bertz CT molecular complexity index is 1020. The molecule has 0 unspecified atom stereocenters. The van der Waals surface area contributed by atoms with Crippen LogP contribution in [0.15, 0.2) is 35.4 Å². The Kier molecular flexibility index (Phi) is 3.91. The van der Waals surface area contributed by atoms with Crippen molar-refractivity contribution in [3.8, 4) is 0 Å². The van der Waals surface area contributed by atoms with Crippen LogP contribution >= 0.6 is 0 Å². The van der Waals surface area contributed by atoms with Crippen LogP contribution in [0.2, 0.25) is 0 Å². The molecular weight excluding hydrogens is 310 g/mol. The van der Waals surface area contributed by atoms with Crippen LogP contribution in [-0.2, 0) is 19.4 Å². The topological polar surface area (TPSA) is 47.8 Å². The van der Waals surface area contributed by atoms with Crippen LogP contribution in [0.1, 0.15) is 41.3 Å². The van der Waals surface area contributed by atoms with E-state index in [1.54, 1.807) is 10.9 Å². The fraction of sp³-hybridized carbons (Fsp3) is 0.381. The molecule has 1 atom stereocenters. The normalized spacial score (nSPS) is 16.8. The molecule has 0 N–H and O–H groups in total. The van der Waals surface area contributed by atoms with E-state index in [0.717, 1.165) is 30.5 Å². The van der Waals surface area contributed by atoms with Crippen molar-refractivity contribution in [3.63, 3.8) is 0 Å². The average Bonchev–Trinajstić information content (AvgIpc) is 2.59. The van der Waals surface area contributed by atoms with E-state index >= 15 is 0 Å². The van der Waals surface area contributed by atoms with Crippen molar-refractivity contribution in [2.45, 2.75) is 46.6 Å². The number of fused-ring (bicyclic) bond motifs is 2. The number of benzene rings is 1. The van der Waals surface area contributed by atoms with Gasteiger partial charge in [0.05, 0.1) is 11.9 Å². The maximum atomic E-state index is 13.0. The SMILES string of the molecule is Cc1ccc(C)c(Cn2cnc3nc4c(cc3c2=O)C[C@@H](C)CC4)c1. The van der Waals surface area contributed by atoms with Crippen LogP contribution in [0.25, 0.3) is 11.0 Å². The highest BCUT2D eigenvalue weighted by molar-refractivity contribution is 5.74. The molecule has 0 fully saturated rings. The standard InChI is InChI=1S/C21H23N3O/c1-13-4-6-15(3)17(9-13)11-24-12-22-20-18(21(24)25)10-16-8-14(2)5-7-19(16)23-20/h4,6,9-10,12,14H,5,7-8,11H2,1-3H3/t14-/m0/s1. The summed E-state index contributed by atoms with van der Waals surface area (Å²) >= 11 is 0. The predicted molar refractivity (Wildman–Crippen MR) is 100 cm³/mol. The number of rotatable bonds is 2. The summed E-state index contributed by atoms with van der Waals surface area (Å²) in [5.41, 5.74) is 6.46. The zero-order valence-corrected chi connectivity index (χ0v) is 15.0. The lowest BCUT2D eigenvalue weighted by Crippen LogP contribution is -2.23. The molecular formula is C21H23N3O. The Morgan fingerprint density at radius 2 is 2.08 bits per heavy atom. The molecule has 0 aliphatic heterocycles. The molecule has 2 heterocycles. The Balaban J connectivity index is 1.79. The lowest BCUT2D eigenvalue weighted by Gasteiger charge is -2.20. The van der Waals surface area contributed by atoms with Crippen molar-refractivity contribution in [1.82, 2.24) is 14.5 Å². The molecule has 0 bridgehead atoms. The van der Waals surface area contributed by atoms with Crippen LogP contribution in [0.5, 0.6) is 0 Å². The minimum Gasteiger partial charge on any atom is -0.294 e. The number of nitrogens with zero attached hydrogens (tertiary/aromatic N) is 3. The number of pyridine rings is 1. The van der Waals surface area contributed by atoms with Gasteiger partial charge < -0.3 is 0 Å². The van der Waals surface area contributed by atoms with Gasteiger partial charge in [-0.05, 0) is 61.8 Å². The molecule has 0 saturated carbocycles. The summed E-state index contributed by atoms with van der Waals surface area (Å²) in [5.74, 6) is 0.653. The second kappa shape index (κ2) is 6.10. The first-order valence-electron chi connectivity index (χ1n) is 8.95. The quantitative estimate of drug-likeness (QED) is 0.720. The van der Waals surface area contributed by atoms with E-state index in [2.05, 4.69) is 48.9 Å². The molecule has 0 spiro atoms. The molecule has 128 valence electrons. The van der Waals surface area contributed by atoms with Gasteiger partial charge in [0.1, 0.15) is 6.33 Å².